The molecule has 0 atom stereocenters. The van der Waals surface area contributed by atoms with Crippen molar-refractivity contribution in [3.63, 3.8) is 0 Å². The van der Waals surface area contributed by atoms with Crippen LogP contribution in [0.5, 0.6) is 0 Å². The predicted molar refractivity (Wildman–Crippen MR) is 89.3 cm³/mol. The molecule has 8 nitrogen and oxygen atoms in total. The van der Waals surface area contributed by atoms with Gasteiger partial charge in [-0.25, -0.2) is 14.8 Å². The van der Waals surface area contributed by atoms with Crippen molar-refractivity contribution < 1.29 is 22.9 Å². The molecule has 8 heteroatoms. The summed E-state index contributed by atoms with van der Waals surface area (Å²) in [5.41, 5.74) is 2.30. The molecule has 132 valence electrons. The van der Waals surface area contributed by atoms with Gasteiger partial charge in [0.15, 0.2) is 12.4 Å². The number of fused-ring (bicyclic) bond motifs is 1. The number of oxazole rings is 1. The van der Waals surface area contributed by atoms with Crippen LogP contribution in [-0.4, -0.2) is 21.1 Å². The van der Waals surface area contributed by atoms with E-state index in [2.05, 4.69) is 15.1 Å². The van der Waals surface area contributed by atoms with E-state index in [1.165, 1.54) is 6.26 Å². The topological polar surface area (TPSA) is 104 Å². The summed E-state index contributed by atoms with van der Waals surface area (Å²) < 4.78 is 21.4. The van der Waals surface area contributed by atoms with Gasteiger partial charge in [0, 0.05) is 0 Å². The Kier molecular flexibility index (Phi) is 3.80. The van der Waals surface area contributed by atoms with Gasteiger partial charge in [-0.05, 0) is 39.0 Å². The third-order valence-electron chi connectivity index (χ3n) is 4.01. The molecule has 0 saturated carbocycles. The number of pyridine rings is 1. The molecule has 0 aliphatic heterocycles. The number of carbonyl (C=O) groups is 1. The quantitative estimate of drug-likeness (QED) is 0.511. The Labute approximate surface area is 147 Å². The Hall–Kier alpha value is -3.42. The van der Waals surface area contributed by atoms with Gasteiger partial charge in [-0.15, -0.1) is 0 Å². The van der Waals surface area contributed by atoms with E-state index in [9.17, 15) is 4.79 Å². The van der Waals surface area contributed by atoms with E-state index < -0.39 is 5.97 Å². The highest BCUT2D eigenvalue weighted by Crippen LogP contribution is 2.28. The molecule has 0 bridgehead atoms. The number of nitrogens with zero attached hydrogens (tertiary/aromatic N) is 3. The Balaban J connectivity index is 1.69. The third-order valence-corrected chi connectivity index (χ3v) is 4.01. The first-order valence-corrected chi connectivity index (χ1v) is 7.94. The molecular formula is C18H15N3O5. The van der Waals surface area contributed by atoms with E-state index >= 15 is 0 Å². The van der Waals surface area contributed by atoms with Crippen LogP contribution in [0.2, 0.25) is 0 Å². The second-order valence-electron chi connectivity index (χ2n) is 5.81. The number of carbonyl (C=O) groups excluding carboxylic acids is 1. The zero-order valence-corrected chi connectivity index (χ0v) is 14.4. The van der Waals surface area contributed by atoms with Gasteiger partial charge >= 0.3 is 5.97 Å². The highest BCUT2D eigenvalue weighted by atomic mass is 16.5. The van der Waals surface area contributed by atoms with E-state index in [4.69, 9.17) is 18.1 Å². The number of rotatable bonds is 4. The SMILES string of the molecule is Cc1nc(COC(=O)c2cc(-c3ccco3)nc3onc(C)c23)oc1C. The summed E-state index contributed by atoms with van der Waals surface area (Å²) in [6, 6.07) is 5.07. The van der Waals surface area contributed by atoms with Gasteiger partial charge < -0.3 is 18.1 Å². The molecular weight excluding hydrogens is 338 g/mol. The Morgan fingerprint density at radius 2 is 2.04 bits per heavy atom. The standard InChI is InChI=1S/C18H15N3O5/c1-9-11(3)25-15(19-9)8-24-18(22)12-7-13(14-5-4-6-23-14)20-17-16(12)10(2)21-26-17/h4-7H,8H2,1-3H3. The summed E-state index contributed by atoms with van der Waals surface area (Å²) >= 11 is 0. The van der Waals surface area contributed by atoms with Gasteiger partial charge in [0.25, 0.3) is 5.71 Å². The monoisotopic (exact) mass is 353 g/mol. The van der Waals surface area contributed by atoms with Crippen LogP contribution < -0.4 is 0 Å². The van der Waals surface area contributed by atoms with Crippen LogP contribution in [0.25, 0.3) is 22.6 Å². The van der Waals surface area contributed by atoms with Crippen LogP contribution in [0.15, 0.2) is 37.8 Å². The van der Waals surface area contributed by atoms with Crippen molar-refractivity contribution >= 4 is 17.1 Å². The lowest BCUT2D eigenvalue weighted by Gasteiger charge is -2.05. The second-order valence-corrected chi connectivity index (χ2v) is 5.81. The zero-order chi connectivity index (χ0) is 18.3. The summed E-state index contributed by atoms with van der Waals surface area (Å²) in [7, 11) is 0. The zero-order valence-electron chi connectivity index (χ0n) is 14.4. The van der Waals surface area contributed by atoms with Crippen molar-refractivity contribution in [2.24, 2.45) is 0 Å². The molecule has 0 amide bonds. The minimum atomic E-state index is -0.551. The molecule has 0 fully saturated rings. The minimum absolute atomic E-state index is 0.0717. The molecule has 0 aliphatic rings. The number of aryl methyl sites for hydroxylation is 3. The minimum Gasteiger partial charge on any atom is -0.463 e. The summed E-state index contributed by atoms with van der Waals surface area (Å²) in [5.74, 6) is 0.989. The van der Waals surface area contributed by atoms with E-state index in [-0.39, 0.29) is 12.3 Å². The van der Waals surface area contributed by atoms with Gasteiger partial charge in [-0.2, -0.15) is 0 Å². The van der Waals surface area contributed by atoms with E-state index in [0.29, 0.717) is 39.7 Å². The predicted octanol–water partition coefficient (Wildman–Crippen LogP) is 3.75. The van der Waals surface area contributed by atoms with Gasteiger partial charge in [0.1, 0.15) is 11.5 Å². The molecule has 26 heavy (non-hydrogen) atoms. The fourth-order valence-electron chi connectivity index (χ4n) is 2.61. The van der Waals surface area contributed by atoms with Crippen molar-refractivity contribution in [2.75, 3.05) is 0 Å². The van der Waals surface area contributed by atoms with Crippen molar-refractivity contribution in [3.05, 3.63) is 53.1 Å². The molecule has 0 aliphatic carbocycles. The molecule has 0 spiro atoms. The van der Waals surface area contributed by atoms with Crippen LogP contribution in [0, 0.1) is 20.8 Å². The average molecular weight is 353 g/mol. The second kappa shape index (κ2) is 6.14. The van der Waals surface area contributed by atoms with E-state index in [1.807, 2.05) is 6.92 Å². The van der Waals surface area contributed by atoms with E-state index in [1.54, 1.807) is 32.0 Å². The van der Waals surface area contributed by atoms with Crippen LogP contribution in [0.3, 0.4) is 0 Å². The van der Waals surface area contributed by atoms with Crippen molar-refractivity contribution in [1.29, 1.82) is 0 Å². The smallest absolute Gasteiger partial charge is 0.339 e. The lowest BCUT2D eigenvalue weighted by molar-refractivity contribution is 0.0439. The van der Waals surface area contributed by atoms with Crippen LogP contribution >= 0.6 is 0 Å². The highest BCUT2D eigenvalue weighted by molar-refractivity contribution is 6.04. The van der Waals surface area contributed by atoms with Gasteiger partial charge in [-0.3, -0.25) is 0 Å². The molecule has 4 rings (SSSR count). The molecule has 0 radical (unpaired) electrons. The fourth-order valence-corrected chi connectivity index (χ4v) is 2.61. The number of ether oxygens (including phenoxy) is 1. The molecule has 4 aromatic rings. The molecule has 0 aromatic carbocycles. The number of hydrogen-bond donors (Lipinski definition) is 0. The Morgan fingerprint density at radius 1 is 1.19 bits per heavy atom. The first-order chi connectivity index (χ1) is 12.5. The molecule has 4 aromatic heterocycles. The first-order valence-electron chi connectivity index (χ1n) is 7.94. The maximum atomic E-state index is 12.7. The van der Waals surface area contributed by atoms with Crippen molar-refractivity contribution in [1.82, 2.24) is 15.1 Å². The van der Waals surface area contributed by atoms with Crippen molar-refractivity contribution in [2.45, 2.75) is 27.4 Å². The number of furan rings is 1. The molecule has 0 saturated heterocycles. The maximum absolute atomic E-state index is 12.7. The summed E-state index contributed by atoms with van der Waals surface area (Å²) in [5, 5.41) is 4.39. The Morgan fingerprint density at radius 3 is 2.73 bits per heavy atom. The maximum Gasteiger partial charge on any atom is 0.339 e. The van der Waals surface area contributed by atoms with Crippen LogP contribution in [0.1, 0.15) is 33.4 Å². The number of esters is 1. The van der Waals surface area contributed by atoms with Gasteiger partial charge in [0.05, 0.1) is 28.6 Å². The van der Waals surface area contributed by atoms with Crippen LogP contribution in [-0.2, 0) is 11.3 Å². The summed E-state index contributed by atoms with van der Waals surface area (Å²) in [6.07, 6.45) is 1.53. The molecule has 4 heterocycles. The lowest BCUT2D eigenvalue weighted by Crippen LogP contribution is -2.07. The summed E-state index contributed by atoms with van der Waals surface area (Å²) in [6.45, 7) is 5.29. The Bertz CT molecular complexity index is 1070. The van der Waals surface area contributed by atoms with Crippen LogP contribution in [0.4, 0.5) is 0 Å². The van der Waals surface area contributed by atoms with Crippen molar-refractivity contribution in [3.8, 4) is 11.5 Å². The largest absolute Gasteiger partial charge is 0.463 e. The lowest BCUT2D eigenvalue weighted by atomic mass is 10.1. The fraction of sp³-hybridized carbons (Fsp3) is 0.222. The third kappa shape index (κ3) is 2.75. The normalized spacial score (nSPS) is 11.2. The van der Waals surface area contributed by atoms with E-state index in [0.717, 1.165) is 5.69 Å². The molecule has 0 N–H and O–H groups in total. The highest BCUT2D eigenvalue weighted by Gasteiger charge is 2.22. The number of aromatic nitrogens is 3. The first kappa shape index (κ1) is 16.1. The average Bonchev–Trinajstić information content (AvgIpc) is 3.34. The molecule has 0 unspecified atom stereocenters. The van der Waals surface area contributed by atoms with Gasteiger partial charge in [-0.1, -0.05) is 5.16 Å². The number of hydrogen-bond acceptors (Lipinski definition) is 8. The summed E-state index contributed by atoms with van der Waals surface area (Å²) in [4.78, 5) is 21.2. The van der Waals surface area contributed by atoms with Gasteiger partial charge in [0.2, 0.25) is 5.89 Å².